The van der Waals surface area contributed by atoms with Crippen LogP contribution in [-0.4, -0.2) is 21.6 Å². The Labute approximate surface area is 125 Å². The Morgan fingerprint density at radius 1 is 1.25 bits per heavy atom. The van der Waals surface area contributed by atoms with E-state index in [1.807, 2.05) is 6.92 Å². The molecule has 0 saturated heterocycles. The second-order valence-electron chi connectivity index (χ2n) is 3.81. The zero-order chi connectivity index (χ0) is 14.5. The molecule has 8 heteroatoms. The van der Waals surface area contributed by atoms with Crippen molar-refractivity contribution in [2.45, 2.75) is 13.3 Å². The van der Waals surface area contributed by atoms with Crippen molar-refractivity contribution in [2.75, 3.05) is 11.9 Å². The highest BCUT2D eigenvalue weighted by atomic mass is 35.5. The Morgan fingerprint density at radius 2 is 2.05 bits per heavy atom. The van der Waals surface area contributed by atoms with E-state index in [9.17, 15) is 4.39 Å². The molecule has 0 radical (unpaired) electrons. The largest absolute Gasteiger partial charge is 0.463 e. The van der Waals surface area contributed by atoms with Gasteiger partial charge in [0.2, 0.25) is 11.2 Å². The summed E-state index contributed by atoms with van der Waals surface area (Å²) in [5.74, 6) is -0.259. The molecule has 0 aliphatic rings. The van der Waals surface area contributed by atoms with Crippen LogP contribution < -0.4 is 10.1 Å². The average Bonchev–Trinajstić information content (AvgIpc) is 2.39. The second kappa shape index (κ2) is 6.67. The number of nitrogens with one attached hydrogen (secondary N) is 1. The van der Waals surface area contributed by atoms with Gasteiger partial charge in [0.25, 0.3) is 0 Å². The van der Waals surface area contributed by atoms with Gasteiger partial charge in [-0.3, -0.25) is 0 Å². The van der Waals surface area contributed by atoms with Crippen molar-refractivity contribution < 1.29 is 9.13 Å². The fourth-order valence-corrected chi connectivity index (χ4v) is 1.72. The fraction of sp³-hybridized carbons (Fsp3) is 0.250. The molecule has 0 aliphatic carbocycles. The van der Waals surface area contributed by atoms with E-state index in [4.69, 9.17) is 27.9 Å². The first kappa shape index (κ1) is 14.7. The molecule has 20 heavy (non-hydrogen) atoms. The minimum Gasteiger partial charge on any atom is -0.463 e. The summed E-state index contributed by atoms with van der Waals surface area (Å²) in [7, 11) is 0. The van der Waals surface area contributed by atoms with Gasteiger partial charge in [-0.25, -0.2) is 4.39 Å². The van der Waals surface area contributed by atoms with Gasteiger partial charge in [0, 0.05) is 0 Å². The summed E-state index contributed by atoms with van der Waals surface area (Å²) in [6.07, 6.45) is 0.815. The summed E-state index contributed by atoms with van der Waals surface area (Å²) in [5.41, 5.74) is 0.455. The monoisotopic (exact) mass is 316 g/mol. The van der Waals surface area contributed by atoms with Crippen LogP contribution in [0.15, 0.2) is 18.2 Å². The molecule has 0 atom stereocenters. The lowest BCUT2D eigenvalue weighted by Gasteiger charge is -2.08. The van der Waals surface area contributed by atoms with Crippen LogP contribution in [0.2, 0.25) is 10.3 Å². The summed E-state index contributed by atoms with van der Waals surface area (Å²) < 4.78 is 18.2. The number of ether oxygens (including phenoxy) is 1. The van der Waals surface area contributed by atoms with E-state index in [1.54, 1.807) is 0 Å². The molecule has 5 nitrogen and oxygen atoms in total. The molecule has 0 unspecified atom stereocenters. The highest BCUT2D eigenvalue weighted by molar-refractivity contribution is 6.33. The Hall–Kier alpha value is -1.66. The molecule has 1 aromatic heterocycles. The van der Waals surface area contributed by atoms with Crippen molar-refractivity contribution in [1.29, 1.82) is 0 Å². The smallest absolute Gasteiger partial charge is 0.322 e. The minimum atomic E-state index is -0.429. The number of rotatable bonds is 5. The third kappa shape index (κ3) is 3.91. The second-order valence-corrected chi connectivity index (χ2v) is 4.55. The van der Waals surface area contributed by atoms with Crippen molar-refractivity contribution in [3.8, 4) is 6.01 Å². The predicted molar refractivity (Wildman–Crippen MR) is 75.3 cm³/mol. The topological polar surface area (TPSA) is 59.9 Å². The van der Waals surface area contributed by atoms with Crippen molar-refractivity contribution in [3.05, 3.63) is 34.3 Å². The number of hydrogen-bond donors (Lipinski definition) is 1. The van der Waals surface area contributed by atoms with Crippen LogP contribution in [-0.2, 0) is 0 Å². The van der Waals surface area contributed by atoms with Gasteiger partial charge in [-0.05, 0) is 36.2 Å². The quantitative estimate of drug-likeness (QED) is 0.907. The first-order valence-corrected chi connectivity index (χ1v) is 6.60. The molecule has 1 N–H and O–H groups in total. The lowest BCUT2D eigenvalue weighted by Crippen LogP contribution is -2.05. The summed E-state index contributed by atoms with van der Waals surface area (Å²) in [4.78, 5) is 11.8. The molecule has 2 aromatic rings. The van der Waals surface area contributed by atoms with E-state index in [-0.39, 0.29) is 22.3 Å². The van der Waals surface area contributed by atoms with E-state index in [1.165, 1.54) is 18.2 Å². The molecule has 0 aliphatic heterocycles. The maximum atomic E-state index is 13.0. The molecule has 106 valence electrons. The first-order valence-electron chi connectivity index (χ1n) is 5.85. The molecule has 0 fully saturated rings. The Balaban J connectivity index is 2.21. The van der Waals surface area contributed by atoms with Crippen LogP contribution in [0.5, 0.6) is 6.01 Å². The molecule has 0 bridgehead atoms. The molecule has 2 rings (SSSR count). The Bertz CT molecular complexity index is 612. The van der Waals surface area contributed by atoms with Gasteiger partial charge in [0.1, 0.15) is 5.82 Å². The summed E-state index contributed by atoms with van der Waals surface area (Å²) in [6.45, 7) is 2.43. The van der Waals surface area contributed by atoms with E-state index in [0.29, 0.717) is 12.3 Å². The van der Waals surface area contributed by atoms with E-state index < -0.39 is 5.82 Å². The van der Waals surface area contributed by atoms with Crippen molar-refractivity contribution >= 4 is 34.8 Å². The van der Waals surface area contributed by atoms with Crippen molar-refractivity contribution in [2.24, 2.45) is 0 Å². The van der Waals surface area contributed by atoms with Crippen LogP contribution in [0.4, 0.5) is 16.0 Å². The lowest BCUT2D eigenvalue weighted by atomic mass is 10.3. The van der Waals surface area contributed by atoms with Crippen LogP contribution in [0.1, 0.15) is 13.3 Å². The molecule has 0 spiro atoms. The maximum absolute atomic E-state index is 13.0. The molecular formula is C12H11Cl2FN4O. The zero-order valence-electron chi connectivity index (χ0n) is 10.5. The van der Waals surface area contributed by atoms with Gasteiger partial charge in [0.05, 0.1) is 17.3 Å². The molecule has 0 amide bonds. The van der Waals surface area contributed by atoms with Gasteiger partial charge < -0.3 is 10.1 Å². The summed E-state index contributed by atoms with van der Waals surface area (Å²) in [6, 6.07) is 4.04. The number of benzene rings is 1. The lowest BCUT2D eigenvalue weighted by molar-refractivity contribution is 0.292. The standard InChI is InChI=1S/C12H11Cl2FN4O/c1-2-5-20-12-18-10(14)17-11(19-12)16-9-4-3-7(15)6-8(9)13/h3-4,6H,2,5H2,1H3,(H,16,17,18,19). The Morgan fingerprint density at radius 3 is 2.75 bits per heavy atom. The van der Waals surface area contributed by atoms with E-state index in [2.05, 4.69) is 20.3 Å². The van der Waals surface area contributed by atoms with E-state index in [0.717, 1.165) is 6.42 Å². The van der Waals surface area contributed by atoms with Crippen LogP contribution in [0.25, 0.3) is 0 Å². The van der Waals surface area contributed by atoms with Crippen molar-refractivity contribution in [1.82, 2.24) is 15.0 Å². The van der Waals surface area contributed by atoms with E-state index >= 15 is 0 Å². The molecule has 1 aromatic carbocycles. The third-order valence-corrected chi connectivity index (χ3v) is 2.68. The van der Waals surface area contributed by atoms with Gasteiger partial charge in [0.15, 0.2) is 0 Å². The minimum absolute atomic E-state index is 0.00756. The molecule has 1 heterocycles. The maximum Gasteiger partial charge on any atom is 0.322 e. The van der Waals surface area contributed by atoms with Gasteiger partial charge in [-0.15, -0.1) is 0 Å². The highest BCUT2D eigenvalue weighted by Crippen LogP contribution is 2.25. The highest BCUT2D eigenvalue weighted by Gasteiger charge is 2.08. The number of anilines is 2. The SMILES string of the molecule is CCCOc1nc(Cl)nc(Nc2ccc(F)cc2Cl)n1. The summed E-state index contributed by atoms with van der Waals surface area (Å²) in [5, 5.41) is 3.03. The predicted octanol–water partition coefficient (Wildman–Crippen LogP) is 3.85. The Kier molecular flexibility index (Phi) is 4.92. The number of nitrogens with zero attached hydrogens (tertiary/aromatic N) is 3. The fourth-order valence-electron chi connectivity index (χ4n) is 1.36. The molecular weight excluding hydrogens is 306 g/mol. The third-order valence-electron chi connectivity index (χ3n) is 2.20. The van der Waals surface area contributed by atoms with Gasteiger partial charge in [-0.1, -0.05) is 18.5 Å². The molecule has 0 saturated carbocycles. The van der Waals surface area contributed by atoms with Crippen LogP contribution in [0.3, 0.4) is 0 Å². The normalized spacial score (nSPS) is 10.4. The van der Waals surface area contributed by atoms with Gasteiger partial charge >= 0.3 is 6.01 Å². The number of aromatic nitrogens is 3. The average molecular weight is 317 g/mol. The number of halogens is 3. The first-order chi connectivity index (χ1) is 9.58. The summed E-state index contributed by atoms with van der Waals surface area (Å²) >= 11 is 11.7. The van der Waals surface area contributed by atoms with Crippen molar-refractivity contribution in [3.63, 3.8) is 0 Å². The van der Waals surface area contributed by atoms with Crippen LogP contribution >= 0.6 is 23.2 Å². The number of hydrogen-bond acceptors (Lipinski definition) is 5. The van der Waals surface area contributed by atoms with Gasteiger partial charge in [-0.2, -0.15) is 15.0 Å². The zero-order valence-corrected chi connectivity index (χ0v) is 12.0. The van der Waals surface area contributed by atoms with Crippen LogP contribution in [0, 0.1) is 5.82 Å².